The van der Waals surface area contributed by atoms with E-state index in [0.717, 1.165) is 15.9 Å². The highest BCUT2D eigenvalue weighted by atomic mass is 79.9. The van der Waals surface area contributed by atoms with Gasteiger partial charge in [-0.25, -0.2) is 0 Å². The molecule has 0 bridgehead atoms. The van der Waals surface area contributed by atoms with Crippen LogP contribution in [0.5, 0.6) is 0 Å². The summed E-state index contributed by atoms with van der Waals surface area (Å²) in [5, 5.41) is 9.62. The van der Waals surface area contributed by atoms with Crippen molar-refractivity contribution in [3.63, 3.8) is 0 Å². The van der Waals surface area contributed by atoms with Crippen molar-refractivity contribution in [2.45, 2.75) is 13.3 Å². The first-order valence-corrected chi connectivity index (χ1v) is 6.65. The molecule has 6 heteroatoms. The number of carbonyl (C=O) groups excluding carboxylic acids is 1. The molecule has 1 amide bonds. The van der Waals surface area contributed by atoms with E-state index in [9.17, 15) is 4.79 Å². The summed E-state index contributed by atoms with van der Waals surface area (Å²) in [5.74, 6) is 1.34. The number of hydrogen-bond donors (Lipinski definition) is 2. The molecule has 0 aliphatic carbocycles. The van der Waals surface area contributed by atoms with Crippen molar-refractivity contribution in [1.29, 1.82) is 0 Å². The van der Waals surface area contributed by atoms with Gasteiger partial charge in [-0.3, -0.25) is 4.79 Å². The molecule has 2 N–H and O–H groups in total. The molecule has 0 saturated carbocycles. The van der Waals surface area contributed by atoms with Gasteiger partial charge in [0.15, 0.2) is 5.82 Å². The number of hydrogen-bond acceptors (Lipinski definition) is 4. The van der Waals surface area contributed by atoms with Crippen LogP contribution < -0.4 is 10.6 Å². The number of nitrogens with one attached hydrogen (secondary N) is 2. The first kappa shape index (κ1) is 13.6. The van der Waals surface area contributed by atoms with Gasteiger partial charge in [-0.15, -0.1) is 0 Å². The van der Waals surface area contributed by atoms with Crippen LogP contribution in [0.4, 0.5) is 11.5 Å². The number of nitrogens with zero attached hydrogens (tertiary/aromatic N) is 1. The quantitative estimate of drug-likeness (QED) is 0.886. The van der Waals surface area contributed by atoms with E-state index in [4.69, 9.17) is 4.52 Å². The second-order valence-corrected chi connectivity index (χ2v) is 4.97. The molecule has 2 aromatic rings. The smallest absolute Gasteiger partial charge is 0.226 e. The van der Waals surface area contributed by atoms with Gasteiger partial charge >= 0.3 is 0 Å². The number of aromatic nitrogens is 1. The van der Waals surface area contributed by atoms with E-state index in [2.05, 4.69) is 31.7 Å². The Labute approximate surface area is 119 Å². The highest BCUT2D eigenvalue weighted by Gasteiger charge is 2.03. The van der Waals surface area contributed by atoms with Crippen LogP contribution in [0.1, 0.15) is 12.2 Å². The molecule has 0 spiro atoms. The van der Waals surface area contributed by atoms with Crippen molar-refractivity contribution >= 4 is 33.3 Å². The Morgan fingerprint density at radius 1 is 1.37 bits per heavy atom. The highest BCUT2D eigenvalue weighted by molar-refractivity contribution is 9.10. The third kappa shape index (κ3) is 4.40. The molecule has 0 saturated heterocycles. The van der Waals surface area contributed by atoms with E-state index in [1.807, 2.05) is 31.2 Å². The molecule has 19 heavy (non-hydrogen) atoms. The lowest BCUT2D eigenvalue weighted by atomic mass is 10.3. The summed E-state index contributed by atoms with van der Waals surface area (Å²) in [7, 11) is 0. The van der Waals surface area contributed by atoms with Crippen LogP contribution in [0.15, 0.2) is 39.3 Å². The number of benzene rings is 1. The van der Waals surface area contributed by atoms with Gasteiger partial charge in [-0.05, 0) is 31.2 Å². The Kier molecular flexibility index (Phi) is 4.57. The highest BCUT2D eigenvalue weighted by Crippen LogP contribution is 2.14. The fraction of sp³-hybridized carbons (Fsp3) is 0.231. The van der Waals surface area contributed by atoms with Crippen molar-refractivity contribution in [2.75, 3.05) is 17.2 Å². The van der Waals surface area contributed by atoms with Gasteiger partial charge in [0.05, 0.1) is 0 Å². The van der Waals surface area contributed by atoms with Gasteiger partial charge in [0.1, 0.15) is 5.76 Å². The molecule has 1 aromatic heterocycles. The minimum atomic E-state index is -0.0463. The number of aryl methyl sites for hydroxylation is 1. The van der Waals surface area contributed by atoms with Crippen LogP contribution in [-0.4, -0.2) is 17.6 Å². The van der Waals surface area contributed by atoms with Crippen molar-refractivity contribution < 1.29 is 9.32 Å². The zero-order chi connectivity index (χ0) is 13.7. The second-order valence-electron chi connectivity index (χ2n) is 4.05. The van der Waals surface area contributed by atoms with Crippen LogP contribution in [0.3, 0.4) is 0 Å². The van der Waals surface area contributed by atoms with Crippen molar-refractivity contribution in [3.05, 3.63) is 40.6 Å². The van der Waals surface area contributed by atoms with Gasteiger partial charge in [0, 0.05) is 29.2 Å². The number of anilines is 2. The molecule has 1 aromatic carbocycles. The summed E-state index contributed by atoms with van der Waals surface area (Å²) in [6, 6.07) is 9.23. The van der Waals surface area contributed by atoms with E-state index >= 15 is 0 Å². The molecule has 2 rings (SSSR count). The van der Waals surface area contributed by atoms with E-state index < -0.39 is 0 Å². The van der Waals surface area contributed by atoms with Crippen LogP contribution in [0.2, 0.25) is 0 Å². The third-order valence-corrected chi connectivity index (χ3v) is 2.94. The van der Waals surface area contributed by atoms with Crippen molar-refractivity contribution in [3.8, 4) is 0 Å². The van der Waals surface area contributed by atoms with Gasteiger partial charge in [-0.1, -0.05) is 21.1 Å². The van der Waals surface area contributed by atoms with Crippen molar-refractivity contribution in [2.24, 2.45) is 0 Å². The van der Waals surface area contributed by atoms with E-state index in [0.29, 0.717) is 18.8 Å². The zero-order valence-electron chi connectivity index (χ0n) is 10.4. The number of amides is 1. The Hall–Kier alpha value is -1.82. The largest absolute Gasteiger partial charge is 0.367 e. The molecule has 0 fully saturated rings. The summed E-state index contributed by atoms with van der Waals surface area (Å²) in [6.07, 6.45) is 0.363. The standard InChI is InChI=1S/C13H14BrN3O2/c1-9-8-12(17-19-9)15-7-6-13(18)16-11-4-2-10(14)3-5-11/h2-5,8H,6-7H2,1H3,(H,15,17)(H,16,18). The zero-order valence-corrected chi connectivity index (χ0v) is 12.0. The lowest BCUT2D eigenvalue weighted by Crippen LogP contribution is -2.16. The maximum atomic E-state index is 11.7. The first-order valence-electron chi connectivity index (χ1n) is 5.86. The Morgan fingerprint density at radius 2 is 2.11 bits per heavy atom. The summed E-state index contributed by atoms with van der Waals surface area (Å²) >= 11 is 3.34. The molecular formula is C13H14BrN3O2. The molecule has 0 atom stereocenters. The maximum absolute atomic E-state index is 11.7. The molecule has 0 radical (unpaired) electrons. The van der Waals surface area contributed by atoms with Crippen LogP contribution in [0.25, 0.3) is 0 Å². The maximum Gasteiger partial charge on any atom is 0.226 e. The Bertz CT molecular complexity index is 551. The fourth-order valence-corrected chi connectivity index (χ4v) is 1.77. The summed E-state index contributed by atoms with van der Waals surface area (Å²) in [4.78, 5) is 11.7. The molecule has 0 unspecified atom stereocenters. The van der Waals surface area contributed by atoms with E-state index in [1.165, 1.54) is 0 Å². The number of halogens is 1. The van der Waals surface area contributed by atoms with Crippen LogP contribution >= 0.6 is 15.9 Å². The minimum Gasteiger partial charge on any atom is -0.367 e. The SMILES string of the molecule is Cc1cc(NCCC(=O)Nc2ccc(Br)cc2)no1. The van der Waals surface area contributed by atoms with Crippen LogP contribution in [-0.2, 0) is 4.79 Å². The van der Waals surface area contributed by atoms with Gasteiger partial charge < -0.3 is 15.2 Å². The summed E-state index contributed by atoms with van der Waals surface area (Å²) in [6.45, 7) is 2.33. The van der Waals surface area contributed by atoms with Crippen molar-refractivity contribution in [1.82, 2.24) is 5.16 Å². The predicted octanol–water partition coefficient (Wildman–Crippen LogP) is 3.19. The van der Waals surface area contributed by atoms with E-state index in [-0.39, 0.29) is 5.91 Å². The molecule has 0 aliphatic rings. The second kappa shape index (κ2) is 6.38. The molecule has 1 heterocycles. The average molecular weight is 324 g/mol. The monoisotopic (exact) mass is 323 g/mol. The van der Waals surface area contributed by atoms with Gasteiger partial charge in [0.25, 0.3) is 0 Å². The van der Waals surface area contributed by atoms with E-state index in [1.54, 1.807) is 6.07 Å². The fourth-order valence-electron chi connectivity index (χ4n) is 1.51. The Morgan fingerprint density at radius 3 is 2.74 bits per heavy atom. The third-order valence-electron chi connectivity index (χ3n) is 2.41. The summed E-state index contributed by atoms with van der Waals surface area (Å²) in [5.41, 5.74) is 0.783. The normalized spacial score (nSPS) is 10.2. The first-order chi connectivity index (χ1) is 9.13. The number of rotatable bonds is 5. The molecular weight excluding hydrogens is 310 g/mol. The average Bonchev–Trinajstić information content (AvgIpc) is 2.78. The topological polar surface area (TPSA) is 67.2 Å². The minimum absolute atomic E-state index is 0.0463. The molecule has 100 valence electrons. The Balaban J connectivity index is 1.74. The summed E-state index contributed by atoms with van der Waals surface area (Å²) < 4.78 is 5.89. The predicted molar refractivity (Wildman–Crippen MR) is 77.1 cm³/mol. The lowest BCUT2D eigenvalue weighted by Gasteiger charge is -2.05. The van der Waals surface area contributed by atoms with Gasteiger partial charge in [0.2, 0.25) is 5.91 Å². The molecule has 5 nitrogen and oxygen atoms in total. The molecule has 0 aliphatic heterocycles. The van der Waals surface area contributed by atoms with Gasteiger partial charge in [-0.2, -0.15) is 0 Å². The van der Waals surface area contributed by atoms with Crippen LogP contribution in [0, 0.1) is 6.92 Å². The lowest BCUT2D eigenvalue weighted by molar-refractivity contribution is -0.115. The number of carbonyl (C=O) groups is 1.